The Bertz CT molecular complexity index is 1550. The maximum atomic E-state index is 13.6. The SMILES string of the molecule is COC(=O)[C@H]1O[C@@H](O[C@H]2CC[C@]3(C)[C@H]4CC=C5[C@@H]6CC(C)(C)CC[C@]6(C(=O)OC)CC[C@@]5(C)[C@]4(C)CC[C@H]3C2(C)C)[C@H](O)[C@@H](O)[C@@H]1O[C@@H]1OC[C@@H](O)[C@H](O)[C@H]1O. The number of allylic oxidation sites excluding steroid dienone is 2. The Morgan fingerprint density at radius 3 is 2.11 bits per heavy atom. The van der Waals surface area contributed by atoms with Gasteiger partial charge in [-0.3, -0.25) is 4.79 Å². The fourth-order valence-electron chi connectivity index (χ4n) is 13.7. The van der Waals surface area contributed by atoms with Crippen molar-refractivity contribution in [2.45, 2.75) is 174 Å². The van der Waals surface area contributed by atoms with Crippen LogP contribution in [0, 0.1) is 50.2 Å². The van der Waals surface area contributed by atoms with Gasteiger partial charge in [0, 0.05) is 0 Å². The van der Waals surface area contributed by atoms with Gasteiger partial charge in [-0.2, -0.15) is 0 Å². The van der Waals surface area contributed by atoms with Crippen LogP contribution < -0.4 is 0 Å². The first kappa shape index (κ1) is 42.4. The summed E-state index contributed by atoms with van der Waals surface area (Å²) in [5.74, 6) is -0.0770. The number of fused-ring (bicyclic) bond motifs is 7. The maximum Gasteiger partial charge on any atom is 0.337 e. The highest BCUT2D eigenvalue weighted by Crippen LogP contribution is 2.76. The fourth-order valence-corrected chi connectivity index (χ4v) is 13.7. The average Bonchev–Trinajstić information content (AvgIpc) is 3.14. The molecule has 6 fully saturated rings. The summed E-state index contributed by atoms with van der Waals surface area (Å²) >= 11 is 0. The molecular formula is C43H68O13. The van der Waals surface area contributed by atoms with Crippen molar-refractivity contribution in [3.8, 4) is 0 Å². The normalized spacial score (nSPS) is 50.9. The van der Waals surface area contributed by atoms with Crippen LogP contribution in [0.1, 0.15) is 113 Å². The number of esters is 2. The molecule has 5 N–H and O–H groups in total. The minimum absolute atomic E-state index is 0.0231. The first-order valence-corrected chi connectivity index (χ1v) is 21.0. The van der Waals surface area contributed by atoms with E-state index in [0.717, 1.165) is 64.9 Å². The molecule has 318 valence electrons. The second-order valence-electron chi connectivity index (χ2n) is 20.6. The molecule has 17 atom stereocenters. The van der Waals surface area contributed by atoms with Crippen LogP contribution in [0.2, 0.25) is 0 Å². The number of ether oxygens (including phenoxy) is 6. The predicted octanol–water partition coefficient (Wildman–Crippen LogP) is 3.79. The third-order valence-electron chi connectivity index (χ3n) is 17.2. The van der Waals surface area contributed by atoms with Crippen LogP contribution in [-0.4, -0.2) is 120 Å². The summed E-state index contributed by atoms with van der Waals surface area (Å²) in [6, 6.07) is 0. The Hall–Kier alpha value is -1.68. The molecule has 0 aromatic carbocycles. The van der Waals surface area contributed by atoms with Gasteiger partial charge in [0.05, 0.1) is 32.3 Å². The third kappa shape index (κ3) is 6.26. The summed E-state index contributed by atoms with van der Waals surface area (Å²) < 4.78 is 34.3. The zero-order chi connectivity index (χ0) is 41.0. The Labute approximate surface area is 331 Å². The van der Waals surface area contributed by atoms with E-state index < -0.39 is 66.7 Å². The second-order valence-corrected chi connectivity index (χ2v) is 20.6. The maximum absolute atomic E-state index is 13.6. The first-order chi connectivity index (χ1) is 26.1. The molecule has 0 aromatic heterocycles. The van der Waals surface area contributed by atoms with Crippen LogP contribution in [-0.2, 0) is 38.0 Å². The second kappa shape index (κ2) is 14.5. The molecule has 0 amide bonds. The standard InChI is InChI=1S/C43H68O13/c1-38(2)16-18-43(37(50)52-9)19-17-41(6)22(23(43)20-38)10-11-26-40(5)14-13-27(39(3,4)25(40)12-15-42(26,41)7)54-36-31(48)29(46)32(33(56-36)34(49)51-8)55-35-30(47)28(45)24(44)21-53-35/h10,23-33,35-36,44-48H,11-21H2,1-9H3/t23-,24+,25-,26+,27-,28-,29+,30+,31+,32-,33-,35-,36+,40-,41+,42+,43-/m0/s1. The lowest BCUT2D eigenvalue weighted by Gasteiger charge is -2.71. The number of carbonyl (C=O) groups is 2. The van der Waals surface area contributed by atoms with Gasteiger partial charge in [0.25, 0.3) is 0 Å². The van der Waals surface area contributed by atoms with E-state index in [1.807, 2.05) is 0 Å². The van der Waals surface area contributed by atoms with Crippen LogP contribution in [0.3, 0.4) is 0 Å². The number of hydrogen-bond donors (Lipinski definition) is 5. The minimum Gasteiger partial charge on any atom is -0.469 e. The van der Waals surface area contributed by atoms with E-state index in [2.05, 4.69) is 54.5 Å². The molecule has 13 nitrogen and oxygen atoms in total. The largest absolute Gasteiger partial charge is 0.469 e. The Morgan fingerprint density at radius 2 is 1.43 bits per heavy atom. The molecule has 7 aliphatic rings. The zero-order valence-electron chi connectivity index (χ0n) is 34.9. The molecule has 4 saturated carbocycles. The molecular weight excluding hydrogens is 724 g/mol. The molecule has 0 radical (unpaired) electrons. The highest BCUT2D eigenvalue weighted by molar-refractivity contribution is 5.78. The van der Waals surface area contributed by atoms with Crippen LogP contribution in [0.25, 0.3) is 0 Å². The number of carbonyl (C=O) groups excluding carboxylic acids is 2. The van der Waals surface area contributed by atoms with Crippen molar-refractivity contribution < 1.29 is 63.5 Å². The number of aliphatic hydroxyl groups excluding tert-OH is 5. The number of methoxy groups -OCH3 is 2. The summed E-state index contributed by atoms with van der Waals surface area (Å²) in [5.41, 5.74) is 0.761. The Morgan fingerprint density at radius 1 is 0.750 bits per heavy atom. The lowest BCUT2D eigenvalue weighted by Crippen LogP contribution is -2.67. The van der Waals surface area contributed by atoms with Gasteiger partial charge >= 0.3 is 11.9 Å². The predicted molar refractivity (Wildman–Crippen MR) is 201 cm³/mol. The van der Waals surface area contributed by atoms with Crippen molar-refractivity contribution in [3.63, 3.8) is 0 Å². The molecule has 7 rings (SSSR count). The molecule has 13 heteroatoms. The fraction of sp³-hybridized carbons (Fsp3) is 0.907. The molecule has 0 bridgehead atoms. The smallest absolute Gasteiger partial charge is 0.337 e. The first-order valence-electron chi connectivity index (χ1n) is 21.0. The van der Waals surface area contributed by atoms with Crippen molar-refractivity contribution in [3.05, 3.63) is 11.6 Å². The lowest BCUT2D eigenvalue weighted by atomic mass is 9.33. The van der Waals surface area contributed by atoms with E-state index in [9.17, 15) is 35.1 Å². The molecule has 0 spiro atoms. The zero-order valence-corrected chi connectivity index (χ0v) is 34.9. The van der Waals surface area contributed by atoms with Crippen molar-refractivity contribution in [2.24, 2.45) is 50.2 Å². The number of hydrogen-bond acceptors (Lipinski definition) is 13. The van der Waals surface area contributed by atoms with E-state index in [1.54, 1.807) is 7.11 Å². The average molecular weight is 793 g/mol. The Kier molecular flexibility index (Phi) is 11.0. The van der Waals surface area contributed by atoms with Crippen molar-refractivity contribution >= 4 is 11.9 Å². The van der Waals surface area contributed by atoms with Gasteiger partial charge in [0.2, 0.25) is 0 Å². The monoisotopic (exact) mass is 792 g/mol. The molecule has 5 aliphatic carbocycles. The number of rotatable bonds is 6. The van der Waals surface area contributed by atoms with Gasteiger partial charge in [0.1, 0.15) is 36.6 Å². The summed E-state index contributed by atoms with van der Waals surface area (Å²) in [7, 11) is 2.70. The van der Waals surface area contributed by atoms with Crippen molar-refractivity contribution in [2.75, 3.05) is 20.8 Å². The quantitative estimate of drug-likeness (QED) is 0.149. The van der Waals surface area contributed by atoms with Gasteiger partial charge in [-0.05, 0) is 109 Å². The Balaban J connectivity index is 1.11. The van der Waals surface area contributed by atoms with Crippen molar-refractivity contribution in [1.82, 2.24) is 0 Å². The van der Waals surface area contributed by atoms with E-state index in [-0.39, 0.29) is 57.6 Å². The van der Waals surface area contributed by atoms with E-state index in [1.165, 1.54) is 5.57 Å². The molecule has 56 heavy (non-hydrogen) atoms. The van der Waals surface area contributed by atoms with E-state index >= 15 is 0 Å². The van der Waals surface area contributed by atoms with Gasteiger partial charge in [-0.1, -0.05) is 60.1 Å². The highest BCUT2D eigenvalue weighted by atomic mass is 16.7. The van der Waals surface area contributed by atoms with E-state index in [0.29, 0.717) is 12.3 Å². The van der Waals surface area contributed by atoms with E-state index in [4.69, 9.17) is 28.4 Å². The van der Waals surface area contributed by atoms with Gasteiger partial charge < -0.3 is 54.0 Å². The van der Waals surface area contributed by atoms with Crippen LogP contribution in [0.5, 0.6) is 0 Å². The summed E-state index contributed by atoms with van der Waals surface area (Å²) in [5, 5.41) is 53.3. The number of aliphatic hydroxyl groups is 5. The third-order valence-corrected chi connectivity index (χ3v) is 17.2. The summed E-state index contributed by atoms with van der Waals surface area (Å²) in [6.07, 6.45) is -2.57. The van der Waals surface area contributed by atoms with Crippen LogP contribution >= 0.6 is 0 Å². The molecule has 2 saturated heterocycles. The van der Waals surface area contributed by atoms with Crippen LogP contribution in [0.4, 0.5) is 0 Å². The van der Waals surface area contributed by atoms with Crippen LogP contribution in [0.15, 0.2) is 11.6 Å². The molecule has 0 aromatic rings. The lowest BCUT2D eigenvalue weighted by molar-refractivity contribution is -0.355. The van der Waals surface area contributed by atoms with Gasteiger partial charge in [0.15, 0.2) is 18.7 Å². The molecule has 2 aliphatic heterocycles. The summed E-state index contributed by atoms with van der Waals surface area (Å²) in [6.45, 7) is 16.3. The molecule has 0 unspecified atom stereocenters. The van der Waals surface area contributed by atoms with Gasteiger partial charge in [-0.25, -0.2) is 4.79 Å². The molecule has 2 heterocycles. The van der Waals surface area contributed by atoms with Gasteiger partial charge in [-0.15, -0.1) is 0 Å². The van der Waals surface area contributed by atoms with Crippen molar-refractivity contribution in [1.29, 1.82) is 0 Å². The highest BCUT2D eigenvalue weighted by Gasteiger charge is 2.70. The topological polar surface area (TPSA) is 191 Å². The minimum atomic E-state index is -1.71. The summed E-state index contributed by atoms with van der Waals surface area (Å²) in [4.78, 5) is 26.7.